The van der Waals surface area contributed by atoms with Crippen LogP contribution in [-0.4, -0.2) is 42.6 Å². The molecule has 0 bridgehead atoms. The van der Waals surface area contributed by atoms with E-state index < -0.39 is 23.2 Å². The number of amides is 1. The number of nitrogens with one attached hydrogen (secondary N) is 1. The van der Waals surface area contributed by atoms with Crippen LogP contribution in [0.25, 0.3) is 16.8 Å². The first-order valence-electron chi connectivity index (χ1n) is 8.82. The summed E-state index contributed by atoms with van der Waals surface area (Å²) in [5, 5.41) is 16.2. The van der Waals surface area contributed by atoms with Crippen LogP contribution in [0.2, 0.25) is 5.02 Å². The number of hydrogen-bond acceptors (Lipinski definition) is 5. The van der Waals surface area contributed by atoms with Gasteiger partial charge in [0.25, 0.3) is 5.56 Å². The number of benzene rings is 1. The number of aliphatic hydroxyl groups is 1. The molecule has 2 N–H and O–H groups in total. The number of halogens is 1. The number of hydrogen-bond donors (Lipinski definition) is 2. The highest BCUT2D eigenvalue weighted by Gasteiger charge is 2.17. The molecule has 3 aromatic rings. The molecule has 1 atom stereocenters. The van der Waals surface area contributed by atoms with Crippen LogP contribution in [0.5, 0.6) is 0 Å². The molecule has 0 aliphatic carbocycles. The van der Waals surface area contributed by atoms with Gasteiger partial charge in [-0.3, -0.25) is 18.8 Å². The van der Waals surface area contributed by atoms with Crippen molar-refractivity contribution in [3.8, 4) is 16.8 Å². The maximum absolute atomic E-state index is 13.1. The van der Waals surface area contributed by atoms with Crippen LogP contribution in [0.15, 0.2) is 52.4 Å². The first-order valence-corrected chi connectivity index (χ1v) is 9.19. The molecule has 0 saturated carbocycles. The molecule has 0 radical (unpaired) electrons. The fraction of sp³-hybridized carbons (Fsp3) is 0.263. The highest BCUT2D eigenvalue weighted by Crippen LogP contribution is 2.18. The molecule has 2 heterocycles. The standard InChI is InChI=1S/C19H20ClN5O4/c1-12(11-26)22-17(27)10-24-9-16(13-3-5-14(20)6-4-13)18(28)25(19(24)29)15-7-21-23(2)8-15/h3-9,12,26H,10-11H2,1-2H3,(H,22,27)/t12-/m0/s1. The first kappa shape index (κ1) is 20.6. The lowest BCUT2D eigenvalue weighted by Gasteiger charge is -2.14. The SMILES string of the molecule is C[C@@H](CO)NC(=O)Cn1cc(-c2ccc(Cl)cc2)c(=O)n(-c2cnn(C)c2)c1=O. The first-order chi connectivity index (χ1) is 13.8. The lowest BCUT2D eigenvalue weighted by molar-refractivity contribution is -0.122. The molecule has 152 valence electrons. The topological polar surface area (TPSA) is 111 Å². The summed E-state index contributed by atoms with van der Waals surface area (Å²) >= 11 is 5.93. The van der Waals surface area contributed by atoms with Crippen LogP contribution in [0.4, 0.5) is 0 Å². The van der Waals surface area contributed by atoms with Crippen molar-refractivity contribution < 1.29 is 9.90 Å². The van der Waals surface area contributed by atoms with Gasteiger partial charge in [-0.15, -0.1) is 0 Å². The van der Waals surface area contributed by atoms with Crippen molar-refractivity contribution in [2.75, 3.05) is 6.61 Å². The Morgan fingerprint density at radius 1 is 1.24 bits per heavy atom. The van der Waals surface area contributed by atoms with Gasteiger partial charge in [0.2, 0.25) is 5.91 Å². The van der Waals surface area contributed by atoms with Gasteiger partial charge < -0.3 is 10.4 Å². The Labute approximate surface area is 170 Å². The number of aromatic nitrogens is 4. The third kappa shape index (κ3) is 4.47. The smallest absolute Gasteiger partial charge is 0.336 e. The zero-order valence-electron chi connectivity index (χ0n) is 15.9. The van der Waals surface area contributed by atoms with Gasteiger partial charge in [0.1, 0.15) is 6.54 Å². The monoisotopic (exact) mass is 417 g/mol. The lowest BCUT2D eigenvalue weighted by atomic mass is 10.1. The maximum atomic E-state index is 13.1. The van der Waals surface area contributed by atoms with Crippen LogP contribution in [0.3, 0.4) is 0 Å². The van der Waals surface area contributed by atoms with E-state index in [0.29, 0.717) is 10.6 Å². The fourth-order valence-electron chi connectivity index (χ4n) is 2.82. The highest BCUT2D eigenvalue weighted by atomic mass is 35.5. The van der Waals surface area contributed by atoms with E-state index in [1.165, 1.54) is 23.3 Å². The van der Waals surface area contributed by atoms with Crippen LogP contribution < -0.4 is 16.6 Å². The molecule has 0 unspecified atom stereocenters. The molecule has 0 aliphatic heterocycles. The molecule has 1 aromatic carbocycles. The van der Waals surface area contributed by atoms with Gasteiger partial charge in [0, 0.05) is 30.5 Å². The molecule has 0 saturated heterocycles. The summed E-state index contributed by atoms with van der Waals surface area (Å²) in [4.78, 5) is 38.3. The molecule has 3 rings (SSSR count). The van der Waals surface area contributed by atoms with Crippen molar-refractivity contribution >= 4 is 17.5 Å². The number of rotatable bonds is 6. The van der Waals surface area contributed by atoms with E-state index >= 15 is 0 Å². The molecule has 10 heteroatoms. The zero-order valence-corrected chi connectivity index (χ0v) is 16.6. The largest absolute Gasteiger partial charge is 0.394 e. The summed E-state index contributed by atoms with van der Waals surface area (Å²) in [6, 6.07) is 6.13. The summed E-state index contributed by atoms with van der Waals surface area (Å²) in [5.74, 6) is -0.466. The second-order valence-corrected chi connectivity index (χ2v) is 7.06. The van der Waals surface area contributed by atoms with E-state index in [0.717, 1.165) is 9.13 Å². The van der Waals surface area contributed by atoms with Crippen molar-refractivity contribution in [2.45, 2.75) is 19.5 Å². The Morgan fingerprint density at radius 3 is 2.52 bits per heavy atom. The highest BCUT2D eigenvalue weighted by molar-refractivity contribution is 6.30. The van der Waals surface area contributed by atoms with Gasteiger partial charge in [-0.1, -0.05) is 23.7 Å². The molecule has 0 aliphatic rings. The molecule has 29 heavy (non-hydrogen) atoms. The average molecular weight is 418 g/mol. The van der Waals surface area contributed by atoms with E-state index in [1.54, 1.807) is 38.2 Å². The van der Waals surface area contributed by atoms with Gasteiger partial charge in [-0.25, -0.2) is 9.36 Å². The van der Waals surface area contributed by atoms with Gasteiger partial charge in [-0.05, 0) is 24.6 Å². The van der Waals surface area contributed by atoms with Crippen LogP contribution >= 0.6 is 11.6 Å². The zero-order chi connectivity index (χ0) is 21.1. The third-order valence-corrected chi connectivity index (χ3v) is 4.51. The molecule has 9 nitrogen and oxygen atoms in total. The van der Waals surface area contributed by atoms with Crippen molar-refractivity contribution in [3.63, 3.8) is 0 Å². The summed E-state index contributed by atoms with van der Waals surface area (Å²) in [7, 11) is 1.67. The molecule has 0 fully saturated rings. The second kappa shape index (κ2) is 8.46. The third-order valence-electron chi connectivity index (χ3n) is 4.26. The maximum Gasteiger partial charge on any atom is 0.336 e. The molecule has 1 amide bonds. The molecular formula is C19H20ClN5O4. The van der Waals surface area contributed by atoms with Crippen molar-refractivity contribution in [2.24, 2.45) is 7.05 Å². The number of carbonyl (C=O) groups is 1. The summed E-state index contributed by atoms with van der Waals surface area (Å²) in [5.41, 5.74) is -0.141. The summed E-state index contributed by atoms with van der Waals surface area (Å²) in [6.07, 6.45) is 4.28. The Kier molecular flexibility index (Phi) is 6.00. The Hall–Kier alpha value is -3.17. The van der Waals surface area contributed by atoms with E-state index in [9.17, 15) is 14.4 Å². The minimum Gasteiger partial charge on any atom is -0.394 e. The predicted molar refractivity (Wildman–Crippen MR) is 108 cm³/mol. The quantitative estimate of drug-likeness (QED) is 0.608. The molecule has 0 spiro atoms. The van der Waals surface area contributed by atoms with Crippen LogP contribution in [0.1, 0.15) is 6.92 Å². The van der Waals surface area contributed by atoms with Gasteiger partial charge in [0.05, 0.1) is 24.1 Å². The van der Waals surface area contributed by atoms with Gasteiger partial charge >= 0.3 is 5.69 Å². The lowest BCUT2D eigenvalue weighted by Crippen LogP contribution is -2.43. The average Bonchev–Trinajstić information content (AvgIpc) is 3.10. The van der Waals surface area contributed by atoms with Gasteiger partial charge in [0.15, 0.2) is 0 Å². The van der Waals surface area contributed by atoms with Crippen LogP contribution in [-0.2, 0) is 18.4 Å². The number of aryl methyl sites for hydroxylation is 1. The number of carbonyl (C=O) groups excluding carboxylic acids is 1. The Balaban J connectivity index is 2.16. The normalized spacial score (nSPS) is 12.0. The van der Waals surface area contributed by atoms with Crippen molar-refractivity contribution in [1.29, 1.82) is 0 Å². The summed E-state index contributed by atoms with van der Waals surface area (Å²) < 4.78 is 3.59. The Bertz CT molecular complexity index is 1150. The minimum atomic E-state index is -0.674. The van der Waals surface area contributed by atoms with Crippen molar-refractivity contribution in [1.82, 2.24) is 24.2 Å². The summed E-state index contributed by atoms with van der Waals surface area (Å²) in [6.45, 7) is 1.09. The van der Waals surface area contributed by atoms with Crippen LogP contribution in [0, 0.1) is 0 Å². The minimum absolute atomic E-state index is 0.230. The van der Waals surface area contributed by atoms with E-state index in [4.69, 9.17) is 16.7 Å². The molecule has 2 aromatic heterocycles. The number of aliphatic hydroxyl groups excluding tert-OH is 1. The predicted octanol–water partition coefficient (Wildman–Crippen LogP) is 0.550. The number of nitrogens with zero attached hydrogens (tertiary/aromatic N) is 4. The Morgan fingerprint density at radius 2 is 1.93 bits per heavy atom. The second-order valence-electron chi connectivity index (χ2n) is 6.62. The fourth-order valence-corrected chi connectivity index (χ4v) is 2.94. The molecular weight excluding hydrogens is 398 g/mol. The van der Waals surface area contributed by atoms with Gasteiger partial charge in [-0.2, -0.15) is 5.10 Å². The van der Waals surface area contributed by atoms with Crippen molar-refractivity contribution in [3.05, 3.63) is 68.7 Å². The van der Waals surface area contributed by atoms with E-state index in [-0.39, 0.29) is 24.4 Å². The van der Waals surface area contributed by atoms with E-state index in [2.05, 4.69) is 10.4 Å². The van der Waals surface area contributed by atoms with E-state index in [1.807, 2.05) is 0 Å².